The summed E-state index contributed by atoms with van der Waals surface area (Å²) in [5, 5.41) is 0.575. The van der Waals surface area contributed by atoms with E-state index in [-0.39, 0.29) is 11.8 Å². The molecule has 1 aromatic rings. The van der Waals surface area contributed by atoms with E-state index in [2.05, 4.69) is 4.74 Å². The first kappa shape index (κ1) is 11.3. The first-order valence-electron chi connectivity index (χ1n) is 4.03. The number of alkyl halides is 1. The van der Waals surface area contributed by atoms with Crippen LogP contribution in [0.15, 0.2) is 12.1 Å². The van der Waals surface area contributed by atoms with E-state index in [1.165, 1.54) is 7.11 Å². The van der Waals surface area contributed by atoms with Crippen LogP contribution in [-0.4, -0.2) is 13.1 Å². The van der Waals surface area contributed by atoms with E-state index in [1.807, 2.05) is 0 Å². The number of hydrogen-bond acceptors (Lipinski definition) is 2. The summed E-state index contributed by atoms with van der Waals surface area (Å²) < 4.78 is 4.66. The van der Waals surface area contributed by atoms with Crippen molar-refractivity contribution in [1.29, 1.82) is 0 Å². The summed E-state index contributed by atoms with van der Waals surface area (Å²) in [4.78, 5) is 11.4. The lowest BCUT2D eigenvalue weighted by Gasteiger charge is -2.09. The summed E-state index contributed by atoms with van der Waals surface area (Å²) in [5.74, 6) is -0.138. The average Bonchev–Trinajstić information content (AvgIpc) is 2.15. The van der Waals surface area contributed by atoms with Crippen LogP contribution in [0.25, 0.3) is 0 Å². The predicted octanol–water partition coefficient (Wildman–Crippen LogP) is 3.17. The molecule has 14 heavy (non-hydrogen) atoms. The Morgan fingerprint density at radius 2 is 2.14 bits per heavy atom. The maximum Gasteiger partial charge on any atom is 0.338 e. The summed E-state index contributed by atoms with van der Waals surface area (Å²) in [6.07, 6.45) is 0. The first-order chi connectivity index (χ1) is 6.60. The van der Waals surface area contributed by atoms with Gasteiger partial charge in [-0.3, -0.25) is 0 Å². The molecule has 0 heterocycles. The van der Waals surface area contributed by atoms with Crippen molar-refractivity contribution in [2.75, 3.05) is 7.11 Å². The zero-order valence-electron chi connectivity index (χ0n) is 7.93. The van der Waals surface area contributed by atoms with E-state index in [0.29, 0.717) is 16.1 Å². The number of hydrogen-bond donors (Lipinski definition) is 0. The molecule has 0 spiro atoms. The van der Waals surface area contributed by atoms with Crippen LogP contribution in [-0.2, 0) is 10.6 Å². The van der Waals surface area contributed by atoms with Crippen molar-refractivity contribution in [3.05, 3.63) is 33.8 Å². The van der Waals surface area contributed by atoms with Crippen LogP contribution in [0.5, 0.6) is 0 Å². The largest absolute Gasteiger partial charge is 0.465 e. The van der Waals surface area contributed by atoms with Crippen LogP contribution in [0.4, 0.5) is 0 Å². The lowest BCUT2D eigenvalue weighted by molar-refractivity contribution is 0.0599. The van der Waals surface area contributed by atoms with Crippen LogP contribution in [0.1, 0.15) is 21.5 Å². The monoisotopic (exact) mass is 232 g/mol. The molecule has 0 bridgehead atoms. The zero-order chi connectivity index (χ0) is 10.7. The molecule has 0 unspecified atom stereocenters. The highest BCUT2D eigenvalue weighted by Gasteiger charge is 2.14. The highest BCUT2D eigenvalue weighted by molar-refractivity contribution is 6.31. The average molecular weight is 233 g/mol. The van der Waals surface area contributed by atoms with Gasteiger partial charge in [0.25, 0.3) is 0 Å². The third kappa shape index (κ3) is 2.20. The summed E-state index contributed by atoms with van der Waals surface area (Å²) in [7, 11) is 1.34. The molecule has 0 saturated carbocycles. The molecule has 0 saturated heterocycles. The second-order valence-electron chi connectivity index (χ2n) is 2.88. The van der Waals surface area contributed by atoms with Crippen LogP contribution in [0.2, 0.25) is 5.02 Å². The van der Waals surface area contributed by atoms with Crippen LogP contribution < -0.4 is 0 Å². The Bertz CT molecular complexity index is 361. The smallest absolute Gasteiger partial charge is 0.338 e. The molecule has 0 atom stereocenters. The Labute approximate surface area is 92.8 Å². The van der Waals surface area contributed by atoms with Gasteiger partial charge in [-0.05, 0) is 30.2 Å². The molecular formula is C10H10Cl2O2. The number of carbonyl (C=O) groups excluding carboxylic acids is 1. The number of esters is 1. The van der Waals surface area contributed by atoms with Gasteiger partial charge in [0.2, 0.25) is 0 Å². The number of carbonyl (C=O) groups is 1. The van der Waals surface area contributed by atoms with Crippen molar-refractivity contribution in [2.45, 2.75) is 12.8 Å². The van der Waals surface area contributed by atoms with Crippen molar-refractivity contribution in [3.8, 4) is 0 Å². The fourth-order valence-electron chi connectivity index (χ4n) is 1.31. The lowest BCUT2D eigenvalue weighted by Crippen LogP contribution is -2.07. The number of aryl methyl sites for hydroxylation is 1. The molecular weight excluding hydrogens is 223 g/mol. The van der Waals surface area contributed by atoms with Gasteiger partial charge in [0.15, 0.2) is 0 Å². The molecule has 0 amide bonds. The minimum Gasteiger partial charge on any atom is -0.465 e. The van der Waals surface area contributed by atoms with Gasteiger partial charge in [0.05, 0.1) is 12.7 Å². The van der Waals surface area contributed by atoms with E-state index in [0.717, 1.165) is 5.56 Å². The maximum absolute atomic E-state index is 11.4. The molecule has 0 radical (unpaired) electrons. The van der Waals surface area contributed by atoms with Crippen molar-refractivity contribution in [1.82, 2.24) is 0 Å². The molecule has 1 rings (SSSR count). The van der Waals surface area contributed by atoms with E-state index in [4.69, 9.17) is 23.2 Å². The van der Waals surface area contributed by atoms with Gasteiger partial charge in [0, 0.05) is 10.9 Å². The quantitative estimate of drug-likeness (QED) is 0.579. The molecule has 2 nitrogen and oxygen atoms in total. The molecule has 0 aliphatic heterocycles. The molecule has 0 aliphatic rings. The lowest BCUT2D eigenvalue weighted by atomic mass is 10.0. The molecule has 0 aliphatic carbocycles. The Hall–Kier alpha value is -0.730. The summed E-state index contributed by atoms with van der Waals surface area (Å²) in [6.45, 7) is 1.80. The van der Waals surface area contributed by atoms with Crippen LogP contribution in [0, 0.1) is 6.92 Å². The van der Waals surface area contributed by atoms with Crippen molar-refractivity contribution in [2.24, 2.45) is 0 Å². The Morgan fingerprint density at radius 1 is 1.50 bits per heavy atom. The first-order valence-corrected chi connectivity index (χ1v) is 4.94. The van der Waals surface area contributed by atoms with Gasteiger partial charge < -0.3 is 4.74 Å². The summed E-state index contributed by atoms with van der Waals surface area (Å²) in [5.41, 5.74) is 1.98. The highest BCUT2D eigenvalue weighted by atomic mass is 35.5. The number of ether oxygens (including phenoxy) is 1. The molecule has 0 aromatic heterocycles. The van der Waals surface area contributed by atoms with Gasteiger partial charge >= 0.3 is 5.97 Å². The van der Waals surface area contributed by atoms with E-state index in [9.17, 15) is 4.79 Å². The summed E-state index contributed by atoms with van der Waals surface area (Å²) in [6, 6.07) is 3.39. The number of halogens is 2. The Kier molecular flexibility index (Phi) is 3.78. The highest BCUT2D eigenvalue weighted by Crippen LogP contribution is 2.22. The molecule has 4 heteroatoms. The molecule has 1 aromatic carbocycles. The van der Waals surface area contributed by atoms with E-state index < -0.39 is 0 Å². The van der Waals surface area contributed by atoms with E-state index in [1.54, 1.807) is 19.1 Å². The second kappa shape index (κ2) is 4.67. The fourth-order valence-corrected chi connectivity index (χ4v) is 1.82. The SMILES string of the molecule is COC(=O)c1c(C)cc(Cl)cc1CCl. The van der Waals surface area contributed by atoms with Gasteiger partial charge in [-0.25, -0.2) is 4.79 Å². The van der Waals surface area contributed by atoms with Gasteiger partial charge in [0.1, 0.15) is 0 Å². The van der Waals surface area contributed by atoms with Gasteiger partial charge in [-0.1, -0.05) is 11.6 Å². The number of benzene rings is 1. The third-order valence-electron chi connectivity index (χ3n) is 1.92. The van der Waals surface area contributed by atoms with Crippen LogP contribution in [0.3, 0.4) is 0 Å². The zero-order valence-corrected chi connectivity index (χ0v) is 9.45. The minimum atomic E-state index is -0.380. The Morgan fingerprint density at radius 3 is 2.64 bits per heavy atom. The number of methoxy groups -OCH3 is 1. The molecule has 0 fully saturated rings. The van der Waals surface area contributed by atoms with Crippen molar-refractivity contribution >= 4 is 29.2 Å². The second-order valence-corrected chi connectivity index (χ2v) is 3.59. The topological polar surface area (TPSA) is 26.3 Å². The normalized spacial score (nSPS) is 10.0. The van der Waals surface area contributed by atoms with Crippen molar-refractivity contribution in [3.63, 3.8) is 0 Å². The minimum absolute atomic E-state index is 0.242. The third-order valence-corrected chi connectivity index (χ3v) is 2.42. The van der Waals surface area contributed by atoms with Gasteiger partial charge in [-0.15, -0.1) is 11.6 Å². The van der Waals surface area contributed by atoms with Gasteiger partial charge in [-0.2, -0.15) is 0 Å². The van der Waals surface area contributed by atoms with Crippen molar-refractivity contribution < 1.29 is 9.53 Å². The molecule has 0 N–H and O–H groups in total. The van der Waals surface area contributed by atoms with Crippen LogP contribution >= 0.6 is 23.2 Å². The van der Waals surface area contributed by atoms with E-state index >= 15 is 0 Å². The fraction of sp³-hybridized carbons (Fsp3) is 0.300. The summed E-state index contributed by atoms with van der Waals surface area (Å²) >= 11 is 11.5. The number of rotatable bonds is 2. The molecule has 76 valence electrons. The predicted molar refractivity (Wildman–Crippen MR) is 57.1 cm³/mol. The Balaban J connectivity index is 3.32. The standard InChI is InChI=1S/C10H10Cl2O2/c1-6-3-8(12)4-7(5-11)9(6)10(13)14-2/h3-4H,5H2,1-2H3. The maximum atomic E-state index is 11.4.